The Labute approximate surface area is 166 Å². The molecule has 1 heterocycles. The highest BCUT2D eigenvalue weighted by atomic mass is 16.3. The molecule has 0 unspecified atom stereocenters. The summed E-state index contributed by atoms with van der Waals surface area (Å²) in [5.41, 5.74) is 4.12. The van der Waals surface area contributed by atoms with Crippen molar-refractivity contribution in [3.05, 3.63) is 95.7 Å². The smallest absolute Gasteiger partial charge is 0.251 e. The van der Waals surface area contributed by atoms with E-state index in [4.69, 9.17) is 0 Å². The van der Waals surface area contributed by atoms with Crippen molar-refractivity contribution in [1.29, 1.82) is 0 Å². The van der Waals surface area contributed by atoms with Crippen LogP contribution in [0.15, 0.2) is 84.6 Å². The second kappa shape index (κ2) is 8.57. The number of phenolic OH excluding ortho intramolecular Hbond substituents is 1. The lowest BCUT2D eigenvalue weighted by Gasteiger charge is -2.23. The zero-order valence-electron chi connectivity index (χ0n) is 16.3. The van der Waals surface area contributed by atoms with Gasteiger partial charge in [0.2, 0.25) is 0 Å². The van der Waals surface area contributed by atoms with E-state index < -0.39 is 0 Å². The maximum atomic E-state index is 12.7. The van der Waals surface area contributed by atoms with Crippen LogP contribution in [0.1, 0.15) is 31.4 Å². The van der Waals surface area contributed by atoms with Gasteiger partial charge in [-0.2, -0.15) is 0 Å². The first-order valence-corrected chi connectivity index (χ1v) is 9.59. The Kier molecular flexibility index (Phi) is 5.95. The zero-order valence-corrected chi connectivity index (χ0v) is 16.3. The molecule has 142 valence electrons. The summed E-state index contributed by atoms with van der Waals surface area (Å²) in [7, 11) is 0. The Morgan fingerprint density at radius 1 is 0.964 bits per heavy atom. The van der Waals surface area contributed by atoms with Gasteiger partial charge in [0.15, 0.2) is 0 Å². The number of amides is 1. The van der Waals surface area contributed by atoms with Crippen molar-refractivity contribution in [3.63, 3.8) is 0 Å². The van der Waals surface area contributed by atoms with Gasteiger partial charge in [-0.25, -0.2) is 0 Å². The van der Waals surface area contributed by atoms with E-state index in [0.29, 0.717) is 24.1 Å². The summed E-state index contributed by atoms with van der Waals surface area (Å²) in [6.07, 6.45) is 0.965. The number of benzene rings is 3. The molecule has 1 aliphatic rings. The highest BCUT2D eigenvalue weighted by Gasteiger charge is 2.24. The van der Waals surface area contributed by atoms with Gasteiger partial charge in [-0.1, -0.05) is 81.1 Å². The predicted molar refractivity (Wildman–Crippen MR) is 116 cm³/mol. The molecule has 0 bridgehead atoms. The summed E-state index contributed by atoms with van der Waals surface area (Å²) in [5, 5.41) is 15.3. The summed E-state index contributed by atoms with van der Waals surface area (Å²) >= 11 is 0. The number of carbonyl (C=O) groups is 1. The average molecular weight is 371 g/mol. The third-order valence-electron chi connectivity index (χ3n) is 4.81. The molecule has 3 nitrogen and oxygen atoms in total. The van der Waals surface area contributed by atoms with E-state index in [2.05, 4.69) is 11.9 Å². The Morgan fingerprint density at radius 2 is 1.64 bits per heavy atom. The van der Waals surface area contributed by atoms with Crippen LogP contribution < -0.4 is 5.32 Å². The number of fused-ring (bicyclic) bond motifs is 1. The lowest BCUT2D eigenvalue weighted by molar-refractivity contribution is -0.117. The van der Waals surface area contributed by atoms with Crippen LogP contribution in [-0.2, 0) is 11.2 Å². The molecule has 3 aromatic rings. The van der Waals surface area contributed by atoms with Gasteiger partial charge >= 0.3 is 0 Å². The Hall–Kier alpha value is -3.33. The lowest BCUT2D eigenvalue weighted by Crippen LogP contribution is -2.30. The molecule has 3 heteroatoms. The van der Waals surface area contributed by atoms with Gasteiger partial charge in [0, 0.05) is 29.7 Å². The Morgan fingerprint density at radius 3 is 2.39 bits per heavy atom. The Balaban J connectivity index is 0.00000109. The van der Waals surface area contributed by atoms with Crippen molar-refractivity contribution in [2.24, 2.45) is 0 Å². The van der Waals surface area contributed by atoms with Gasteiger partial charge in [-0.3, -0.25) is 4.79 Å². The Bertz CT molecular complexity index is 1050. The molecule has 0 saturated carbocycles. The van der Waals surface area contributed by atoms with E-state index in [1.807, 2.05) is 74.5 Å². The van der Waals surface area contributed by atoms with Gasteiger partial charge in [-0.15, -0.1) is 0 Å². The topological polar surface area (TPSA) is 49.3 Å². The monoisotopic (exact) mass is 371 g/mol. The number of allylic oxidation sites excluding steroid dienone is 1. The molecule has 1 aliphatic heterocycles. The van der Waals surface area contributed by atoms with Crippen LogP contribution in [0.5, 0.6) is 5.75 Å². The average Bonchev–Trinajstić information content (AvgIpc) is 2.73. The summed E-state index contributed by atoms with van der Waals surface area (Å²) < 4.78 is 0. The molecule has 4 rings (SSSR count). The molecular formula is C25H25NO2. The molecule has 0 fully saturated rings. The quantitative estimate of drug-likeness (QED) is 0.629. The molecule has 2 N–H and O–H groups in total. The zero-order chi connectivity index (χ0) is 20.1. The van der Waals surface area contributed by atoms with Crippen LogP contribution in [0.4, 0.5) is 0 Å². The van der Waals surface area contributed by atoms with Crippen molar-refractivity contribution in [2.45, 2.75) is 26.7 Å². The number of carbonyl (C=O) groups excluding carboxylic acids is 1. The first-order valence-electron chi connectivity index (χ1n) is 9.59. The first kappa shape index (κ1) is 19.4. The van der Waals surface area contributed by atoms with Crippen LogP contribution in [-0.4, -0.2) is 11.0 Å². The third-order valence-corrected chi connectivity index (χ3v) is 4.81. The number of hydrogen-bond donors (Lipinski definition) is 2. The molecular weight excluding hydrogens is 346 g/mol. The highest BCUT2D eigenvalue weighted by Crippen LogP contribution is 2.35. The van der Waals surface area contributed by atoms with E-state index in [1.54, 1.807) is 6.07 Å². The fourth-order valence-corrected chi connectivity index (χ4v) is 3.53. The number of rotatable bonds is 3. The van der Waals surface area contributed by atoms with Crippen molar-refractivity contribution in [1.82, 2.24) is 5.32 Å². The minimum atomic E-state index is -0.146. The summed E-state index contributed by atoms with van der Waals surface area (Å²) in [4.78, 5) is 12.7. The largest absolute Gasteiger partial charge is 0.508 e. The van der Waals surface area contributed by atoms with Crippen molar-refractivity contribution in [2.75, 3.05) is 0 Å². The van der Waals surface area contributed by atoms with Crippen molar-refractivity contribution in [3.8, 4) is 5.75 Å². The van der Waals surface area contributed by atoms with Crippen LogP contribution in [0, 0.1) is 0 Å². The molecule has 0 atom stereocenters. The standard InChI is InChI=1S/C23H19NO2.C2H6/c1-15-13-19(16-7-3-2-4-8-16)21(23(26)24-15)14-20-18-10-6-5-9-17(18)11-12-22(20)25;1-2/h2-12,25H,1,13-14H2,(H,24,26);1-2H3. The van der Waals surface area contributed by atoms with E-state index in [0.717, 1.165) is 27.5 Å². The minimum absolute atomic E-state index is 0.146. The van der Waals surface area contributed by atoms with Gasteiger partial charge < -0.3 is 10.4 Å². The third kappa shape index (κ3) is 3.84. The molecule has 0 saturated heterocycles. The van der Waals surface area contributed by atoms with Crippen LogP contribution in [0.25, 0.3) is 16.3 Å². The SMILES string of the molecule is C=C1CC(c2ccccc2)=C(Cc2c(O)ccc3ccccc23)C(=O)N1.CC. The fourth-order valence-electron chi connectivity index (χ4n) is 3.53. The molecule has 0 radical (unpaired) electrons. The van der Waals surface area contributed by atoms with Crippen LogP contribution in [0.3, 0.4) is 0 Å². The highest BCUT2D eigenvalue weighted by molar-refractivity contribution is 6.05. The first-order chi connectivity index (χ1) is 13.6. The fraction of sp³-hybridized carbons (Fsp3) is 0.160. The van der Waals surface area contributed by atoms with E-state index in [1.165, 1.54) is 0 Å². The van der Waals surface area contributed by atoms with E-state index in [-0.39, 0.29) is 11.7 Å². The van der Waals surface area contributed by atoms with Gasteiger partial charge in [0.1, 0.15) is 5.75 Å². The molecule has 28 heavy (non-hydrogen) atoms. The van der Waals surface area contributed by atoms with Gasteiger partial charge in [0.05, 0.1) is 0 Å². The van der Waals surface area contributed by atoms with Crippen molar-refractivity contribution >= 4 is 22.3 Å². The number of aromatic hydroxyl groups is 1. The summed E-state index contributed by atoms with van der Waals surface area (Å²) in [6, 6.07) is 21.4. The molecule has 3 aromatic carbocycles. The second-order valence-electron chi connectivity index (χ2n) is 6.52. The van der Waals surface area contributed by atoms with E-state index >= 15 is 0 Å². The number of hydrogen-bond acceptors (Lipinski definition) is 2. The summed E-state index contributed by atoms with van der Waals surface area (Å²) in [5.74, 6) is 0.0632. The maximum absolute atomic E-state index is 12.7. The summed E-state index contributed by atoms with van der Waals surface area (Å²) in [6.45, 7) is 7.93. The van der Waals surface area contributed by atoms with Crippen LogP contribution in [0.2, 0.25) is 0 Å². The molecule has 0 aliphatic carbocycles. The minimum Gasteiger partial charge on any atom is -0.508 e. The molecule has 0 aromatic heterocycles. The number of phenols is 1. The van der Waals surface area contributed by atoms with Crippen molar-refractivity contribution < 1.29 is 9.90 Å². The maximum Gasteiger partial charge on any atom is 0.251 e. The van der Waals surface area contributed by atoms with Crippen LogP contribution >= 0.6 is 0 Å². The lowest BCUT2D eigenvalue weighted by atomic mass is 9.87. The van der Waals surface area contributed by atoms with E-state index in [9.17, 15) is 9.90 Å². The second-order valence-corrected chi connectivity index (χ2v) is 6.52. The molecule has 0 spiro atoms. The molecule has 1 amide bonds. The van der Waals surface area contributed by atoms with Gasteiger partial charge in [-0.05, 0) is 28.0 Å². The predicted octanol–water partition coefficient (Wildman–Crippen LogP) is 5.60. The normalized spacial score (nSPS) is 13.8. The number of nitrogens with one attached hydrogen (secondary N) is 1. The van der Waals surface area contributed by atoms with Gasteiger partial charge in [0.25, 0.3) is 5.91 Å².